The number of carboxylic acids is 1. The zero-order chi connectivity index (χ0) is 13.7. The summed E-state index contributed by atoms with van der Waals surface area (Å²) in [6, 6.07) is 2.64. The van der Waals surface area contributed by atoms with Crippen LogP contribution < -0.4 is 19.9 Å². The van der Waals surface area contributed by atoms with Gasteiger partial charge in [-0.2, -0.15) is 0 Å². The first-order valence-electron chi connectivity index (χ1n) is 5.30. The molecule has 0 aliphatic carbocycles. The third-order valence-electron chi connectivity index (χ3n) is 2.34. The number of carbonyl (C=O) groups excluding carboxylic acids is 2. The smallest absolute Gasteiger partial charge is 0.224 e. The second-order valence-electron chi connectivity index (χ2n) is 3.44. The number of benzene rings is 1. The van der Waals surface area contributed by atoms with Gasteiger partial charge in [-0.25, -0.2) is 0 Å². The number of anilines is 1. The van der Waals surface area contributed by atoms with Crippen molar-refractivity contribution in [1.82, 2.24) is 0 Å². The van der Waals surface area contributed by atoms with Crippen LogP contribution in [-0.2, 0) is 4.79 Å². The Kier molecular flexibility index (Phi) is 4.53. The molecule has 0 spiro atoms. The van der Waals surface area contributed by atoms with Crippen LogP contribution in [0.3, 0.4) is 0 Å². The van der Waals surface area contributed by atoms with Gasteiger partial charge in [0.1, 0.15) is 0 Å². The average molecular weight is 252 g/mol. The lowest BCUT2D eigenvalue weighted by molar-refractivity contribution is -0.254. The van der Waals surface area contributed by atoms with Crippen molar-refractivity contribution in [2.45, 2.75) is 13.3 Å². The Labute approximate surface area is 105 Å². The van der Waals surface area contributed by atoms with E-state index in [0.29, 0.717) is 5.75 Å². The number of aromatic carboxylic acids is 1. The van der Waals surface area contributed by atoms with Crippen molar-refractivity contribution in [1.29, 1.82) is 0 Å². The van der Waals surface area contributed by atoms with Crippen molar-refractivity contribution in [3.63, 3.8) is 0 Å². The molecule has 0 atom stereocenters. The molecule has 0 aliphatic rings. The highest BCUT2D eigenvalue weighted by atomic mass is 16.5. The highest BCUT2D eigenvalue weighted by Gasteiger charge is 2.13. The van der Waals surface area contributed by atoms with Gasteiger partial charge in [0.2, 0.25) is 5.91 Å². The van der Waals surface area contributed by atoms with Gasteiger partial charge < -0.3 is 24.7 Å². The Morgan fingerprint density at radius 1 is 1.22 bits per heavy atom. The van der Waals surface area contributed by atoms with Crippen LogP contribution in [0.15, 0.2) is 12.1 Å². The Balaban J connectivity index is 3.28. The number of hydrogen-bond donors (Lipinski definition) is 1. The number of hydrogen-bond acceptors (Lipinski definition) is 5. The van der Waals surface area contributed by atoms with Crippen LogP contribution in [0.5, 0.6) is 11.5 Å². The third kappa shape index (κ3) is 2.91. The molecule has 1 N–H and O–H groups in total. The Morgan fingerprint density at radius 2 is 1.78 bits per heavy atom. The molecular weight excluding hydrogens is 238 g/mol. The fourth-order valence-electron chi connectivity index (χ4n) is 1.39. The van der Waals surface area contributed by atoms with E-state index in [-0.39, 0.29) is 29.3 Å². The highest BCUT2D eigenvalue weighted by Crippen LogP contribution is 2.33. The first-order chi connectivity index (χ1) is 8.53. The molecule has 1 amide bonds. The predicted molar refractivity (Wildman–Crippen MR) is 62.8 cm³/mol. The molecule has 0 aromatic heterocycles. The first kappa shape index (κ1) is 13.8. The molecule has 0 heterocycles. The molecule has 0 unspecified atom stereocenters. The molecule has 18 heavy (non-hydrogen) atoms. The van der Waals surface area contributed by atoms with E-state index in [1.54, 1.807) is 6.92 Å². The minimum absolute atomic E-state index is 0.125. The normalized spacial score (nSPS) is 9.72. The largest absolute Gasteiger partial charge is 0.545 e. The van der Waals surface area contributed by atoms with Gasteiger partial charge in [-0.15, -0.1) is 0 Å². The zero-order valence-electron chi connectivity index (χ0n) is 10.4. The number of carbonyl (C=O) groups is 2. The van der Waals surface area contributed by atoms with E-state index in [0.717, 1.165) is 0 Å². The van der Waals surface area contributed by atoms with Crippen LogP contribution in [0.25, 0.3) is 0 Å². The summed E-state index contributed by atoms with van der Waals surface area (Å²) in [6.45, 7) is 1.66. The second kappa shape index (κ2) is 5.90. The Bertz CT molecular complexity index is 470. The average Bonchev–Trinajstić information content (AvgIpc) is 2.37. The fourth-order valence-corrected chi connectivity index (χ4v) is 1.39. The molecule has 6 heteroatoms. The van der Waals surface area contributed by atoms with E-state index in [9.17, 15) is 14.7 Å². The van der Waals surface area contributed by atoms with Crippen LogP contribution in [0.4, 0.5) is 5.69 Å². The molecule has 1 rings (SSSR count). The van der Waals surface area contributed by atoms with E-state index in [2.05, 4.69) is 5.32 Å². The summed E-state index contributed by atoms with van der Waals surface area (Å²) < 4.78 is 10.0. The van der Waals surface area contributed by atoms with Crippen LogP contribution in [0.2, 0.25) is 0 Å². The zero-order valence-corrected chi connectivity index (χ0v) is 10.4. The summed E-state index contributed by atoms with van der Waals surface area (Å²) in [4.78, 5) is 22.3. The lowest BCUT2D eigenvalue weighted by Crippen LogP contribution is -2.25. The van der Waals surface area contributed by atoms with Gasteiger partial charge >= 0.3 is 0 Å². The molecule has 98 valence electrons. The number of carboxylic acid groups (broad SMARTS) is 1. The number of nitrogens with one attached hydrogen (secondary N) is 1. The topological polar surface area (TPSA) is 87.7 Å². The molecule has 0 aliphatic heterocycles. The summed E-state index contributed by atoms with van der Waals surface area (Å²) in [7, 11) is 2.81. The molecule has 1 aromatic rings. The molecule has 1 aromatic carbocycles. The van der Waals surface area contributed by atoms with Crippen LogP contribution >= 0.6 is 0 Å². The maximum atomic E-state index is 11.3. The highest BCUT2D eigenvalue weighted by molar-refractivity contribution is 6.00. The van der Waals surface area contributed by atoms with E-state index in [1.807, 2.05) is 0 Å². The first-order valence-corrected chi connectivity index (χ1v) is 5.30. The molecular formula is C12H14NO5-. The van der Waals surface area contributed by atoms with Crippen molar-refractivity contribution in [3.05, 3.63) is 17.7 Å². The van der Waals surface area contributed by atoms with Gasteiger partial charge in [0.25, 0.3) is 0 Å². The van der Waals surface area contributed by atoms with Crippen molar-refractivity contribution in [2.24, 2.45) is 0 Å². The number of methoxy groups -OCH3 is 2. The Hall–Kier alpha value is -2.24. The van der Waals surface area contributed by atoms with Crippen molar-refractivity contribution < 1.29 is 24.2 Å². The molecule has 0 radical (unpaired) electrons. The van der Waals surface area contributed by atoms with Gasteiger partial charge in [0.05, 0.1) is 25.9 Å². The predicted octanol–water partition coefficient (Wildman–Crippen LogP) is 0.416. The van der Waals surface area contributed by atoms with Crippen LogP contribution in [-0.4, -0.2) is 26.1 Å². The quantitative estimate of drug-likeness (QED) is 0.820. The summed E-state index contributed by atoms with van der Waals surface area (Å²) in [5.41, 5.74) is -0.0334. The van der Waals surface area contributed by atoms with E-state index in [4.69, 9.17) is 9.47 Å². The minimum Gasteiger partial charge on any atom is -0.545 e. The van der Waals surface area contributed by atoms with E-state index >= 15 is 0 Å². The summed E-state index contributed by atoms with van der Waals surface area (Å²) in [5, 5.41) is 13.5. The summed E-state index contributed by atoms with van der Waals surface area (Å²) >= 11 is 0. The number of ether oxygens (including phenoxy) is 2. The van der Waals surface area contributed by atoms with Crippen molar-refractivity contribution in [3.8, 4) is 11.5 Å². The van der Waals surface area contributed by atoms with Crippen LogP contribution in [0.1, 0.15) is 23.7 Å². The molecule has 0 saturated carbocycles. The SMILES string of the molecule is CCC(=O)Nc1cc(OC)c(OC)cc1C(=O)[O-]. The number of rotatable bonds is 5. The van der Waals surface area contributed by atoms with E-state index < -0.39 is 5.97 Å². The third-order valence-corrected chi connectivity index (χ3v) is 2.34. The maximum absolute atomic E-state index is 11.3. The maximum Gasteiger partial charge on any atom is 0.224 e. The standard InChI is InChI=1S/C12H15NO5/c1-4-11(14)13-8-6-10(18-3)9(17-2)5-7(8)12(15)16/h5-6H,4H2,1-3H3,(H,13,14)(H,15,16)/p-1. The fraction of sp³-hybridized carbons (Fsp3) is 0.333. The van der Waals surface area contributed by atoms with Gasteiger partial charge in [-0.05, 0) is 6.07 Å². The second-order valence-corrected chi connectivity index (χ2v) is 3.44. The summed E-state index contributed by atoms with van der Waals surface area (Å²) in [5.74, 6) is -1.12. The van der Waals surface area contributed by atoms with Gasteiger partial charge in [-0.3, -0.25) is 4.79 Å². The monoisotopic (exact) mass is 252 g/mol. The van der Waals surface area contributed by atoms with Crippen LogP contribution in [0, 0.1) is 0 Å². The van der Waals surface area contributed by atoms with Crippen molar-refractivity contribution >= 4 is 17.6 Å². The van der Waals surface area contributed by atoms with Gasteiger partial charge in [0.15, 0.2) is 11.5 Å². The molecule has 0 fully saturated rings. The molecule has 0 bridgehead atoms. The van der Waals surface area contributed by atoms with Gasteiger partial charge in [-0.1, -0.05) is 6.92 Å². The molecule has 0 saturated heterocycles. The minimum atomic E-state index is -1.40. The lowest BCUT2D eigenvalue weighted by atomic mass is 10.1. The Morgan fingerprint density at radius 3 is 2.22 bits per heavy atom. The van der Waals surface area contributed by atoms with E-state index in [1.165, 1.54) is 26.4 Å². The summed E-state index contributed by atoms with van der Waals surface area (Å²) in [6.07, 6.45) is 0.237. The number of amides is 1. The lowest BCUT2D eigenvalue weighted by Gasteiger charge is -2.15. The van der Waals surface area contributed by atoms with Gasteiger partial charge in [0, 0.05) is 18.1 Å². The van der Waals surface area contributed by atoms with Crippen molar-refractivity contribution in [2.75, 3.05) is 19.5 Å². The molecule has 6 nitrogen and oxygen atoms in total.